The van der Waals surface area contributed by atoms with Crippen LogP contribution in [0, 0.1) is 0 Å². The third-order valence-corrected chi connectivity index (χ3v) is 5.71. The lowest BCUT2D eigenvalue weighted by molar-refractivity contribution is 0.102. The van der Waals surface area contributed by atoms with Crippen molar-refractivity contribution < 1.29 is 4.79 Å². The average molecular weight is 370 g/mol. The molecule has 4 nitrogen and oxygen atoms in total. The predicted molar refractivity (Wildman–Crippen MR) is 104 cm³/mol. The van der Waals surface area contributed by atoms with Gasteiger partial charge in [0, 0.05) is 11.3 Å². The van der Waals surface area contributed by atoms with Crippen LogP contribution < -0.4 is 5.32 Å². The summed E-state index contributed by atoms with van der Waals surface area (Å²) in [6.07, 6.45) is 0. The summed E-state index contributed by atoms with van der Waals surface area (Å²) in [4.78, 5) is 12.1. The molecule has 0 aliphatic rings. The predicted octanol–water partition coefficient (Wildman–Crippen LogP) is 5.21. The van der Waals surface area contributed by atoms with Crippen molar-refractivity contribution in [3.8, 4) is 0 Å². The Morgan fingerprint density at radius 3 is 2.48 bits per heavy atom. The standard InChI is InChI=1S/C19H19N3OS2/c1-13(2)15-10-8-14(9-11-15)12-24-19-22-21-18(25-19)20-17(23)16-6-4-3-5-7-16/h3-11,13H,12H2,1-2H3,(H,20,21,23). The molecule has 0 spiro atoms. The van der Waals surface area contributed by atoms with Crippen LogP contribution in [0.25, 0.3) is 0 Å². The summed E-state index contributed by atoms with van der Waals surface area (Å²) >= 11 is 3.02. The van der Waals surface area contributed by atoms with Crippen molar-refractivity contribution in [3.63, 3.8) is 0 Å². The number of amides is 1. The van der Waals surface area contributed by atoms with Crippen LogP contribution in [-0.2, 0) is 5.75 Å². The topological polar surface area (TPSA) is 54.9 Å². The second kappa shape index (κ2) is 8.27. The number of anilines is 1. The monoisotopic (exact) mass is 369 g/mol. The lowest BCUT2D eigenvalue weighted by Crippen LogP contribution is -2.11. The fraction of sp³-hybridized carbons (Fsp3) is 0.211. The maximum Gasteiger partial charge on any atom is 0.257 e. The molecular weight excluding hydrogens is 350 g/mol. The molecule has 0 unspecified atom stereocenters. The molecular formula is C19H19N3OS2. The fourth-order valence-corrected chi connectivity index (χ4v) is 3.92. The van der Waals surface area contributed by atoms with E-state index in [1.54, 1.807) is 23.9 Å². The lowest BCUT2D eigenvalue weighted by Gasteiger charge is -2.06. The average Bonchev–Trinajstić information content (AvgIpc) is 3.08. The Bertz CT molecular complexity index is 829. The number of carbonyl (C=O) groups is 1. The molecule has 0 atom stereocenters. The summed E-state index contributed by atoms with van der Waals surface area (Å²) in [5.41, 5.74) is 3.20. The van der Waals surface area contributed by atoms with E-state index in [4.69, 9.17) is 0 Å². The van der Waals surface area contributed by atoms with Crippen molar-refractivity contribution in [3.05, 3.63) is 71.3 Å². The molecule has 1 amide bonds. The number of hydrogen-bond donors (Lipinski definition) is 1. The number of thioether (sulfide) groups is 1. The lowest BCUT2D eigenvalue weighted by atomic mass is 10.0. The van der Waals surface area contributed by atoms with Gasteiger partial charge in [-0.05, 0) is 29.2 Å². The van der Waals surface area contributed by atoms with Crippen LogP contribution in [0.5, 0.6) is 0 Å². The first-order valence-corrected chi connectivity index (χ1v) is 9.83. The van der Waals surface area contributed by atoms with Crippen LogP contribution >= 0.6 is 23.1 Å². The largest absolute Gasteiger partial charge is 0.296 e. The molecule has 128 valence electrons. The van der Waals surface area contributed by atoms with Gasteiger partial charge in [0.05, 0.1) is 0 Å². The summed E-state index contributed by atoms with van der Waals surface area (Å²) in [5.74, 6) is 1.21. The van der Waals surface area contributed by atoms with Gasteiger partial charge >= 0.3 is 0 Å². The summed E-state index contributed by atoms with van der Waals surface area (Å²) < 4.78 is 0.844. The molecule has 0 fully saturated rings. The van der Waals surface area contributed by atoms with E-state index in [0.717, 1.165) is 10.1 Å². The first-order valence-electron chi connectivity index (χ1n) is 8.03. The number of aromatic nitrogens is 2. The van der Waals surface area contributed by atoms with Crippen molar-refractivity contribution >= 4 is 34.1 Å². The summed E-state index contributed by atoms with van der Waals surface area (Å²) in [5, 5.41) is 11.5. The molecule has 0 saturated carbocycles. The van der Waals surface area contributed by atoms with E-state index in [-0.39, 0.29) is 5.91 Å². The molecule has 3 rings (SSSR count). The second-order valence-electron chi connectivity index (χ2n) is 5.88. The number of benzene rings is 2. The zero-order chi connectivity index (χ0) is 17.6. The van der Waals surface area contributed by atoms with Crippen LogP contribution in [0.2, 0.25) is 0 Å². The van der Waals surface area contributed by atoms with E-state index < -0.39 is 0 Å². The molecule has 6 heteroatoms. The van der Waals surface area contributed by atoms with E-state index in [2.05, 4.69) is 53.6 Å². The minimum atomic E-state index is -0.169. The van der Waals surface area contributed by atoms with Crippen LogP contribution in [0.1, 0.15) is 41.3 Å². The van der Waals surface area contributed by atoms with E-state index in [1.807, 2.05) is 18.2 Å². The summed E-state index contributed by atoms with van der Waals surface area (Å²) in [6, 6.07) is 17.7. The Labute approximate surface area is 155 Å². The minimum absolute atomic E-state index is 0.169. The van der Waals surface area contributed by atoms with Gasteiger partial charge in [0.1, 0.15) is 0 Å². The highest BCUT2D eigenvalue weighted by atomic mass is 32.2. The molecule has 0 aliphatic heterocycles. The zero-order valence-electron chi connectivity index (χ0n) is 14.1. The zero-order valence-corrected chi connectivity index (χ0v) is 15.7. The van der Waals surface area contributed by atoms with Gasteiger partial charge in [0.15, 0.2) is 4.34 Å². The highest BCUT2D eigenvalue weighted by molar-refractivity contribution is 8.00. The van der Waals surface area contributed by atoms with Crippen molar-refractivity contribution in [2.45, 2.75) is 29.9 Å². The first kappa shape index (κ1) is 17.6. The molecule has 1 aromatic heterocycles. The molecule has 1 heterocycles. The van der Waals surface area contributed by atoms with Crippen molar-refractivity contribution in [1.82, 2.24) is 10.2 Å². The Morgan fingerprint density at radius 2 is 1.80 bits per heavy atom. The van der Waals surface area contributed by atoms with E-state index in [0.29, 0.717) is 16.6 Å². The number of rotatable bonds is 6. The van der Waals surface area contributed by atoms with Crippen molar-refractivity contribution in [2.75, 3.05) is 5.32 Å². The molecule has 0 bridgehead atoms. The van der Waals surface area contributed by atoms with Gasteiger partial charge in [-0.1, -0.05) is 79.4 Å². The highest BCUT2D eigenvalue weighted by Crippen LogP contribution is 2.29. The highest BCUT2D eigenvalue weighted by Gasteiger charge is 2.10. The quantitative estimate of drug-likeness (QED) is 0.479. The SMILES string of the molecule is CC(C)c1ccc(CSc2nnc(NC(=O)c3ccccc3)s2)cc1. The Hall–Kier alpha value is -2.18. The van der Waals surface area contributed by atoms with E-state index in [9.17, 15) is 4.79 Å². The van der Waals surface area contributed by atoms with E-state index in [1.165, 1.54) is 22.5 Å². The van der Waals surface area contributed by atoms with Gasteiger partial charge in [-0.2, -0.15) is 0 Å². The maximum absolute atomic E-state index is 12.1. The minimum Gasteiger partial charge on any atom is -0.296 e. The van der Waals surface area contributed by atoms with Gasteiger partial charge in [0.25, 0.3) is 5.91 Å². The molecule has 3 aromatic rings. The fourth-order valence-electron chi connectivity index (χ4n) is 2.22. The van der Waals surface area contributed by atoms with Gasteiger partial charge in [-0.15, -0.1) is 10.2 Å². The first-order chi connectivity index (χ1) is 12.1. The van der Waals surface area contributed by atoms with Gasteiger partial charge in [0.2, 0.25) is 5.13 Å². The molecule has 0 aliphatic carbocycles. The van der Waals surface area contributed by atoms with Gasteiger partial charge in [-0.25, -0.2) is 0 Å². The smallest absolute Gasteiger partial charge is 0.257 e. The van der Waals surface area contributed by atoms with Crippen LogP contribution in [0.4, 0.5) is 5.13 Å². The molecule has 2 aromatic carbocycles. The van der Waals surface area contributed by atoms with Crippen LogP contribution in [0.15, 0.2) is 58.9 Å². The maximum atomic E-state index is 12.1. The second-order valence-corrected chi connectivity index (χ2v) is 8.08. The normalized spacial score (nSPS) is 10.8. The van der Waals surface area contributed by atoms with E-state index >= 15 is 0 Å². The molecule has 0 radical (unpaired) electrons. The molecule has 25 heavy (non-hydrogen) atoms. The van der Waals surface area contributed by atoms with Gasteiger partial charge < -0.3 is 0 Å². The summed E-state index contributed by atoms with van der Waals surface area (Å²) in [6.45, 7) is 4.38. The number of hydrogen-bond acceptors (Lipinski definition) is 5. The number of nitrogens with one attached hydrogen (secondary N) is 1. The number of carbonyl (C=O) groups excluding carboxylic acids is 1. The Balaban J connectivity index is 1.55. The van der Waals surface area contributed by atoms with Crippen LogP contribution in [0.3, 0.4) is 0 Å². The van der Waals surface area contributed by atoms with Crippen molar-refractivity contribution in [2.24, 2.45) is 0 Å². The third kappa shape index (κ3) is 4.90. The summed E-state index contributed by atoms with van der Waals surface area (Å²) in [7, 11) is 0. The molecule has 1 N–H and O–H groups in total. The molecule has 0 saturated heterocycles. The third-order valence-electron chi connectivity index (χ3n) is 3.67. The van der Waals surface area contributed by atoms with Crippen LogP contribution in [-0.4, -0.2) is 16.1 Å². The van der Waals surface area contributed by atoms with Gasteiger partial charge in [-0.3, -0.25) is 10.1 Å². The number of nitrogens with zero attached hydrogens (tertiary/aromatic N) is 2. The Kier molecular flexibility index (Phi) is 5.83. The Morgan fingerprint density at radius 1 is 1.08 bits per heavy atom. The van der Waals surface area contributed by atoms with Crippen molar-refractivity contribution in [1.29, 1.82) is 0 Å².